The Morgan fingerprint density at radius 3 is 2.16 bits per heavy atom. The fourth-order valence-corrected chi connectivity index (χ4v) is 5.70. The van der Waals surface area contributed by atoms with Crippen molar-refractivity contribution in [1.82, 2.24) is 25.9 Å². The van der Waals surface area contributed by atoms with Crippen molar-refractivity contribution in [2.75, 3.05) is 0 Å². The van der Waals surface area contributed by atoms with E-state index in [0.29, 0.717) is 12.1 Å². The molecule has 1 aliphatic carbocycles. The average molecular weight is 626 g/mol. The van der Waals surface area contributed by atoms with E-state index in [-0.39, 0.29) is 25.4 Å². The van der Waals surface area contributed by atoms with Gasteiger partial charge in [0.1, 0.15) is 24.9 Å². The zero-order valence-electron chi connectivity index (χ0n) is 24.4. The van der Waals surface area contributed by atoms with Crippen LogP contribution in [-0.2, 0) is 42.9 Å². The molecule has 1 heterocycles. The number of amides is 3. The molecule has 44 heavy (non-hydrogen) atoms. The molecule has 13 heteroatoms. The Balaban J connectivity index is 1.47. The van der Waals surface area contributed by atoms with Crippen LogP contribution in [0, 0.1) is 5.92 Å². The van der Waals surface area contributed by atoms with E-state index in [2.05, 4.69) is 25.9 Å². The number of aromatic amines is 1. The SMILES string of the molecule is O=C(N[C@@H](Cc1ccccc1)C(=O)N[C@@H](Cc1c[nH]cn1)C(=O)NC(CC1CCCCC1)O[PH](=O)O)OCc1ccccc1. The van der Waals surface area contributed by atoms with Crippen LogP contribution in [0.25, 0.3) is 0 Å². The van der Waals surface area contributed by atoms with Crippen molar-refractivity contribution in [3.8, 4) is 0 Å². The van der Waals surface area contributed by atoms with Crippen molar-refractivity contribution in [2.24, 2.45) is 5.92 Å². The molecule has 0 aliphatic heterocycles. The highest BCUT2D eigenvalue weighted by atomic mass is 31.1. The summed E-state index contributed by atoms with van der Waals surface area (Å²) in [4.78, 5) is 56.5. The molecule has 2 aromatic carbocycles. The molecule has 1 aliphatic rings. The number of hydrogen-bond donors (Lipinski definition) is 5. The zero-order chi connectivity index (χ0) is 31.1. The van der Waals surface area contributed by atoms with Crippen LogP contribution in [-0.4, -0.2) is 51.1 Å². The Kier molecular flexibility index (Phi) is 13.0. The summed E-state index contributed by atoms with van der Waals surface area (Å²) in [6.07, 6.45) is 6.99. The molecule has 2 unspecified atom stereocenters. The van der Waals surface area contributed by atoms with Gasteiger partial charge in [0.05, 0.1) is 12.0 Å². The van der Waals surface area contributed by atoms with Gasteiger partial charge in [-0.1, -0.05) is 92.8 Å². The van der Waals surface area contributed by atoms with Gasteiger partial charge in [-0.2, -0.15) is 0 Å². The molecule has 1 aromatic heterocycles. The number of carbonyl (C=O) groups is 3. The monoisotopic (exact) mass is 625 g/mol. The van der Waals surface area contributed by atoms with Crippen LogP contribution in [0.1, 0.15) is 55.3 Å². The van der Waals surface area contributed by atoms with E-state index in [0.717, 1.165) is 43.2 Å². The maximum absolute atomic E-state index is 13.7. The Morgan fingerprint density at radius 1 is 0.886 bits per heavy atom. The summed E-state index contributed by atoms with van der Waals surface area (Å²) in [5, 5.41) is 8.11. The number of ether oxygens (including phenoxy) is 1. The van der Waals surface area contributed by atoms with Crippen LogP contribution in [0.15, 0.2) is 73.2 Å². The summed E-state index contributed by atoms with van der Waals surface area (Å²) < 4.78 is 22.2. The Bertz CT molecular complexity index is 1340. The van der Waals surface area contributed by atoms with E-state index < -0.39 is 44.5 Å². The Labute approximate surface area is 257 Å². The maximum atomic E-state index is 13.7. The lowest BCUT2D eigenvalue weighted by Gasteiger charge is -2.28. The van der Waals surface area contributed by atoms with Gasteiger partial charge in [-0.25, -0.2) is 9.78 Å². The van der Waals surface area contributed by atoms with E-state index in [9.17, 15) is 23.8 Å². The van der Waals surface area contributed by atoms with Crippen LogP contribution < -0.4 is 16.0 Å². The van der Waals surface area contributed by atoms with E-state index in [1.807, 2.05) is 60.7 Å². The number of nitrogens with one attached hydrogen (secondary N) is 4. The number of benzene rings is 2. The Hall–Kier alpha value is -3.99. The number of alkyl carbamates (subject to hydrolysis) is 1. The molecular formula is C31H40N5O7P. The number of aromatic nitrogens is 2. The molecule has 3 amide bonds. The normalized spacial score (nSPS) is 16.2. The van der Waals surface area contributed by atoms with Gasteiger partial charge in [0.2, 0.25) is 11.8 Å². The smallest absolute Gasteiger partial charge is 0.408 e. The highest BCUT2D eigenvalue weighted by Gasteiger charge is 2.30. The molecule has 4 rings (SSSR count). The molecule has 12 nitrogen and oxygen atoms in total. The standard InChI is InChI=1S/C31H40N5O7P/c37-29(26(16-22-10-4-1-5-11-22)35-31(39)42-20-24-14-8-3-9-15-24)34-27(18-25-19-32-21-33-25)30(38)36-28(43-44(40)41)17-23-12-6-2-7-13-23/h1,3-5,8-11,14-15,19,21,23,26-28,44H,2,6-7,12-13,16-18,20H2,(H,32,33)(H,34,37)(H,35,39)(H,36,38)(H,40,41)/t26-,27-,28?/m0/s1. The third kappa shape index (κ3) is 11.3. The summed E-state index contributed by atoms with van der Waals surface area (Å²) in [5.41, 5.74) is 2.09. The minimum atomic E-state index is -3.34. The molecule has 236 valence electrons. The van der Waals surface area contributed by atoms with Crippen LogP contribution in [0.4, 0.5) is 4.79 Å². The van der Waals surface area contributed by atoms with E-state index in [4.69, 9.17) is 9.26 Å². The summed E-state index contributed by atoms with van der Waals surface area (Å²) >= 11 is 0. The van der Waals surface area contributed by atoms with Gasteiger partial charge < -0.3 is 30.6 Å². The van der Waals surface area contributed by atoms with E-state index >= 15 is 0 Å². The number of carbonyl (C=O) groups excluding carboxylic acids is 3. The first-order valence-corrected chi connectivity index (χ1v) is 16.1. The third-order valence-corrected chi connectivity index (χ3v) is 8.01. The molecule has 0 spiro atoms. The molecule has 1 fully saturated rings. The van der Waals surface area contributed by atoms with Crippen molar-refractivity contribution < 1.29 is 33.1 Å². The minimum Gasteiger partial charge on any atom is -0.445 e. The largest absolute Gasteiger partial charge is 0.445 e. The van der Waals surface area contributed by atoms with Crippen LogP contribution in [0.3, 0.4) is 0 Å². The van der Waals surface area contributed by atoms with Crippen LogP contribution in [0.5, 0.6) is 0 Å². The number of rotatable bonds is 15. The molecular weight excluding hydrogens is 585 g/mol. The minimum absolute atomic E-state index is 0.0208. The van der Waals surface area contributed by atoms with Gasteiger partial charge in [0, 0.05) is 19.0 Å². The summed E-state index contributed by atoms with van der Waals surface area (Å²) in [6.45, 7) is 0.0208. The van der Waals surface area contributed by atoms with Gasteiger partial charge in [0.15, 0.2) is 0 Å². The molecule has 1 saturated carbocycles. The summed E-state index contributed by atoms with van der Waals surface area (Å²) in [6, 6.07) is 16.1. The summed E-state index contributed by atoms with van der Waals surface area (Å²) in [7, 11) is -3.34. The lowest BCUT2D eigenvalue weighted by Crippen LogP contribution is -2.56. The third-order valence-electron chi connectivity index (χ3n) is 7.52. The first-order chi connectivity index (χ1) is 21.4. The predicted octanol–water partition coefficient (Wildman–Crippen LogP) is 3.79. The van der Waals surface area contributed by atoms with Crippen molar-refractivity contribution in [3.63, 3.8) is 0 Å². The van der Waals surface area contributed by atoms with E-state index in [1.54, 1.807) is 6.20 Å². The average Bonchev–Trinajstić information content (AvgIpc) is 3.54. The first kappa shape index (κ1) is 32.9. The van der Waals surface area contributed by atoms with Gasteiger partial charge in [-0.15, -0.1) is 0 Å². The second-order valence-electron chi connectivity index (χ2n) is 10.9. The highest BCUT2D eigenvalue weighted by Crippen LogP contribution is 2.30. The maximum Gasteiger partial charge on any atom is 0.408 e. The van der Waals surface area contributed by atoms with Crippen LogP contribution in [0.2, 0.25) is 0 Å². The van der Waals surface area contributed by atoms with E-state index in [1.165, 1.54) is 6.33 Å². The number of nitrogens with zero attached hydrogens (tertiary/aromatic N) is 1. The lowest BCUT2D eigenvalue weighted by atomic mass is 9.86. The second kappa shape index (κ2) is 17.3. The quantitative estimate of drug-likeness (QED) is 0.125. The molecule has 3 aromatic rings. The lowest BCUT2D eigenvalue weighted by molar-refractivity contribution is -0.131. The molecule has 5 N–H and O–H groups in total. The van der Waals surface area contributed by atoms with Crippen molar-refractivity contribution in [2.45, 2.75) is 76.3 Å². The highest BCUT2D eigenvalue weighted by molar-refractivity contribution is 7.32. The van der Waals surface area contributed by atoms with Crippen molar-refractivity contribution in [1.29, 1.82) is 0 Å². The van der Waals surface area contributed by atoms with Crippen LogP contribution >= 0.6 is 8.25 Å². The number of hydrogen-bond acceptors (Lipinski definition) is 7. The molecule has 0 saturated heterocycles. The van der Waals surface area contributed by atoms with Gasteiger partial charge in [-0.05, 0) is 23.5 Å². The van der Waals surface area contributed by atoms with Crippen molar-refractivity contribution >= 4 is 26.2 Å². The second-order valence-corrected chi connectivity index (χ2v) is 11.7. The fourth-order valence-electron chi connectivity index (χ4n) is 5.30. The zero-order valence-corrected chi connectivity index (χ0v) is 25.4. The fraction of sp³-hybridized carbons (Fsp3) is 0.419. The number of imidazole rings is 1. The van der Waals surface area contributed by atoms with Crippen molar-refractivity contribution in [3.05, 3.63) is 90.0 Å². The molecule has 0 radical (unpaired) electrons. The Morgan fingerprint density at radius 2 is 1.52 bits per heavy atom. The first-order valence-electron chi connectivity index (χ1n) is 14.8. The van der Waals surface area contributed by atoms with Gasteiger partial charge >= 0.3 is 14.3 Å². The molecule has 4 atom stereocenters. The van der Waals surface area contributed by atoms with Gasteiger partial charge in [-0.3, -0.25) is 18.7 Å². The topological polar surface area (TPSA) is 172 Å². The summed E-state index contributed by atoms with van der Waals surface area (Å²) in [5.74, 6) is -0.964. The molecule has 0 bridgehead atoms. The van der Waals surface area contributed by atoms with Gasteiger partial charge in [0.25, 0.3) is 0 Å². The predicted molar refractivity (Wildman–Crippen MR) is 163 cm³/mol. The number of H-pyrrole nitrogens is 1.